The van der Waals surface area contributed by atoms with E-state index >= 15 is 0 Å². The third-order valence-corrected chi connectivity index (χ3v) is 4.63. The van der Waals surface area contributed by atoms with Gasteiger partial charge in [-0.15, -0.1) is 5.10 Å². The van der Waals surface area contributed by atoms with E-state index in [-0.39, 0.29) is 0 Å². The van der Waals surface area contributed by atoms with Crippen LogP contribution in [-0.2, 0) is 0 Å². The monoisotopic (exact) mass is 397 g/mol. The van der Waals surface area contributed by atoms with Crippen molar-refractivity contribution in [3.63, 3.8) is 0 Å². The molecule has 0 aliphatic rings. The van der Waals surface area contributed by atoms with Gasteiger partial charge in [0.2, 0.25) is 0 Å². The summed E-state index contributed by atoms with van der Waals surface area (Å²) in [6, 6.07) is 14.4. The second-order valence-corrected chi connectivity index (χ2v) is 6.63. The summed E-state index contributed by atoms with van der Waals surface area (Å²) in [7, 11) is 0. The van der Waals surface area contributed by atoms with Crippen LogP contribution in [0.3, 0.4) is 0 Å². The van der Waals surface area contributed by atoms with E-state index < -0.39 is 11.5 Å². The van der Waals surface area contributed by atoms with Crippen molar-refractivity contribution in [2.24, 2.45) is 0 Å². The van der Waals surface area contributed by atoms with Crippen molar-refractivity contribution < 1.29 is 4.79 Å². The molecule has 1 amide bonds. The normalized spacial score (nSPS) is 11.1. The van der Waals surface area contributed by atoms with Gasteiger partial charge in [-0.1, -0.05) is 30.3 Å². The van der Waals surface area contributed by atoms with Gasteiger partial charge in [0.1, 0.15) is 5.82 Å². The number of aryl methyl sites for hydroxylation is 1. The molecule has 0 aliphatic carbocycles. The highest BCUT2D eigenvalue weighted by molar-refractivity contribution is 6.00. The molecule has 9 heteroatoms. The van der Waals surface area contributed by atoms with Crippen LogP contribution in [0, 0.1) is 6.92 Å². The van der Waals surface area contributed by atoms with Gasteiger partial charge in [0.05, 0.1) is 22.2 Å². The van der Waals surface area contributed by atoms with Crippen LogP contribution in [0.4, 0.5) is 0 Å². The van der Waals surface area contributed by atoms with Crippen molar-refractivity contribution in [3.05, 3.63) is 88.9 Å². The van der Waals surface area contributed by atoms with Gasteiger partial charge >= 0.3 is 0 Å². The molecule has 9 nitrogen and oxygen atoms in total. The minimum absolute atomic E-state index is 0.326. The Kier molecular flexibility index (Phi) is 4.06. The molecule has 0 bridgehead atoms. The number of rotatable bonds is 3. The van der Waals surface area contributed by atoms with Gasteiger partial charge in [-0.2, -0.15) is 9.50 Å². The lowest BCUT2D eigenvalue weighted by atomic mass is 10.1. The molecule has 1 N–H and O–H groups in total. The predicted molar refractivity (Wildman–Crippen MR) is 111 cm³/mol. The number of carbonyl (C=O) groups is 1. The zero-order valence-electron chi connectivity index (χ0n) is 15.9. The van der Waals surface area contributed by atoms with Crippen molar-refractivity contribution >= 4 is 22.6 Å². The second-order valence-electron chi connectivity index (χ2n) is 6.63. The molecular weight excluding hydrogens is 382 g/mol. The Bertz CT molecular complexity index is 1460. The minimum atomic E-state index is -0.448. The van der Waals surface area contributed by atoms with Crippen LogP contribution in [0.25, 0.3) is 27.9 Å². The molecule has 0 saturated carbocycles. The van der Waals surface area contributed by atoms with Gasteiger partial charge in [0.25, 0.3) is 17.2 Å². The largest absolute Gasteiger partial charge is 0.280 e. The maximum atomic E-state index is 13.4. The molecule has 4 aromatic heterocycles. The molecule has 5 rings (SSSR count). The van der Waals surface area contributed by atoms with Crippen molar-refractivity contribution in [2.75, 3.05) is 5.43 Å². The van der Waals surface area contributed by atoms with Crippen molar-refractivity contribution in [1.29, 1.82) is 0 Å². The van der Waals surface area contributed by atoms with Crippen LogP contribution in [-0.4, -0.2) is 35.1 Å². The molecule has 0 unspecified atom stereocenters. The fourth-order valence-electron chi connectivity index (χ4n) is 3.30. The van der Waals surface area contributed by atoms with E-state index in [4.69, 9.17) is 0 Å². The van der Waals surface area contributed by atoms with Gasteiger partial charge in [-0.25, -0.2) is 9.66 Å². The van der Waals surface area contributed by atoms with E-state index in [0.717, 1.165) is 10.2 Å². The van der Waals surface area contributed by atoms with Crippen molar-refractivity contribution in [1.82, 2.24) is 29.2 Å². The average Bonchev–Trinajstić information content (AvgIpc) is 3.15. The smallest absolute Gasteiger partial charge is 0.267 e. The molecule has 0 saturated heterocycles. The Morgan fingerprint density at radius 2 is 1.87 bits per heavy atom. The Hall–Kier alpha value is -4.40. The molecule has 0 radical (unpaired) electrons. The Labute approximate surface area is 169 Å². The zero-order valence-corrected chi connectivity index (χ0v) is 15.9. The number of nitrogens with zero attached hydrogens (tertiary/aromatic N) is 6. The molecule has 0 atom stereocenters. The number of benzene rings is 1. The summed E-state index contributed by atoms with van der Waals surface area (Å²) in [5.41, 5.74) is 4.33. The molecule has 30 heavy (non-hydrogen) atoms. The van der Waals surface area contributed by atoms with Crippen LogP contribution >= 0.6 is 0 Å². The third-order valence-electron chi connectivity index (χ3n) is 4.63. The van der Waals surface area contributed by atoms with Gasteiger partial charge in [0.15, 0.2) is 0 Å². The standard InChI is InChI=1S/C21H15N7O2/c1-13-23-21-24-16-9-11-27(26-19(29)15-8-5-10-22-12-15)20(30)17(16)18(28(21)25-13)14-6-3-2-4-7-14/h2-12H,1H3,(H,26,29). The fourth-order valence-corrected chi connectivity index (χ4v) is 3.30. The first-order valence-corrected chi connectivity index (χ1v) is 9.17. The molecule has 0 spiro atoms. The summed E-state index contributed by atoms with van der Waals surface area (Å²) in [4.78, 5) is 38.6. The highest BCUT2D eigenvalue weighted by atomic mass is 16.2. The van der Waals surface area contributed by atoms with Crippen molar-refractivity contribution in [3.8, 4) is 11.3 Å². The quantitative estimate of drug-likeness (QED) is 0.500. The number of carbonyl (C=O) groups excluding carboxylic acids is 1. The number of aromatic nitrogens is 6. The lowest BCUT2D eigenvalue weighted by Gasteiger charge is -2.12. The molecule has 4 heterocycles. The maximum absolute atomic E-state index is 13.4. The first-order valence-electron chi connectivity index (χ1n) is 9.17. The summed E-state index contributed by atoms with van der Waals surface area (Å²) in [6.07, 6.45) is 4.47. The number of fused-ring (bicyclic) bond motifs is 2. The van der Waals surface area contributed by atoms with Crippen LogP contribution in [0.15, 0.2) is 71.9 Å². The SMILES string of the molecule is Cc1nc2nc3ccn(NC(=O)c4cccnc4)c(=O)c3c(-c3ccccc3)n2n1. The van der Waals surface area contributed by atoms with Gasteiger partial charge in [0, 0.05) is 24.2 Å². The second kappa shape index (κ2) is 6.89. The predicted octanol–water partition coefficient (Wildman–Crippen LogP) is 2.19. The van der Waals surface area contributed by atoms with Crippen LogP contribution < -0.4 is 11.0 Å². The van der Waals surface area contributed by atoms with Crippen LogP contribution in [0.2, 0.25) is 0 Å². The van der Waals surface area contributed by atoms with Crippen molar-refractivity contribution in [2.45, 2.75) is 6.92 Å². The van der Waals surface area contributed by atoms with E-state index in [1.807, 2.05) is 30.3 Å². The summed E-state index contributed by atoms with van der Waals surface area (Å²) >= 11 is 0. The van der Waals surface area contributed by atoms with E-state index in [2.05, 4.69) is 25.5 Å². The molecular formula is C21H15N7O2. The molecule has 5 aromatic rings. The fraction of sp³-hybridized carbons (Fsp3) is 0.0476. The lowest BCUT2D eigenvalue weighted by Crippen LogP contribution is -2.33. The van der Waals surface area contributed by atoms with Gasteiger partial charge in [-0.3, -0.25) is 20.0 Å². The number of nitrogens with one attached hydrogen (secondary N) is 1. The molecule has 1 aromatic carbocycles. The molecule has 0 fully saturated rings. The number of pyridine rings is 2. The van der Waals surface area contributed by atoms with E-state index in [0.29, 0.717) is 33.8 Å². The van der Waals surface area contributed by atoms with E-state index in [1.165, 1.54) is 12.4 Å². The first-order chi connectivity index (χ1) is 14.6. The summed E-state index contributed by atoms with van der Waals surface area (Å²) in [5, 5.41) is 4.74. The topological polar surface area (TPSA) is 107 Å². The van der Waals surface area contributed by atoms with Crippen LogP contribution in [0.1, 0.15) is 16.2 Å². The summed E-state index contributed by atoms with van der Waals surface area (Å²) < 4.78 is 2.70. The van der Waals surface area contributed by atoms with Crippen LogP contribution in [0.5, 0.6) is 0 Å². The lowest BCUT2D eigenvalue weighted by molar-refractivity contribution is 0.101. The zero-order chi connectivity index (χ0) is 20.7. The highest BCUT2D eigenvalue weighted by Gasteiger charge is 2.18. The average molecular weight is 397 g/mol. The maximum Gasteiger partial charge on any atom is 0.280 e. The number of amides is 1. The van der Waals surface area contributed by atoms with Gasteiger partial charge in [-0.05, 0) is 25.1 Å². The first kappa shape index (κ1) is 17.7. The van der Waals surface area contributed by atoms with Gasteiger partial charge < -0.3 is 0 Å². The Morgan fingerprint density at radius 1 is 1.03 bits per heavy atom. The Morgan fingerprint density at radius 3 is 2.63 bits per heavy atom. The minimum Gasteiger partial charge on any atom is -0.267 e. The molecule has 146 valence electrons. The third kappa shape index (κ3) is 2.89. The number of hydrogen-bond acceptors (Lipinski definition) is 6. The van der Waals surface area contributed by atoms with E-state index in [9.17, 15) is 9.59 Å². The molecule has 0 aliphatic heterocycles. The summed E-state index contributed by atoms with van der Waals surface area (Å²) in [5.74, 6) is 0.493. The number of hydrogen-bond donors (Lipinski definition) is 1. The Balaban J connectivity index is 1.75. The highest BCUT2D eigenvalue weighted by Crippen LogP contribution is 2.25. The van der Waals surface area contributed by atoms with E-state index in [1.54, 1.807) is 35.8 Å². The summed E-state index contributed by atoms with van der Waals surface area (Å²) in [6.45, 7) is 1.76.